The molecular weight excluding hydrogens is 243 g/mol. The van der Waals surface area contributed by atoms with Gasteiger partial charge in [0, 0.05) is 17.0 Å². The summed E-state index contributed by atoms with van der Waals surface area (Å²) in [4.78, 5) is 11.8. The van der Waals surface area contributed by atoms with E-state index in [0.29, 0.717) is 22.0 Å². The molecule has 1 aromatic rings. The Morgan fingerprint density at radius 3 is 2.62 bits per heavy atom. The highest BCUT2D eigenvalue weighted by atomic mass is 35.5. The van der Waals surface area contributed by atoms with E-state index >= 15 is 0 Å². The molecule has 0 fully saturated rings. The zero-order valence-electron chi connectivity index (χ0n) is 9.43. The van der Waals surface area contributed by atoms with Crippen LogP contribution in [0.1, 0.15) is 49.4 Å². The third-order valence-electron chi connectivity index (χ3n) is 2.49. The number of rotatable bonds is 6. The van der Waals surface area contributed by atoms with E-state index in [9.17, 15) is 4.79 Å². The lowest BCUT2D eigenvalue weighted by Crippen LogP contribution is -2.00. The van der Waals surface area contributed by atoms with Crippen LogP contribution in [0.3, 0.4) is 0 Å². The van der Waals surface area contributed by atoms with Crippen LogP contribution < -0.4 is 0 Å². The second kappa shape index (κ2) is 6.93. The van der Waals surface area contributed by atoms with Gasteiger partial charge in [0.05, 0.1) is 5.02 Å². The molecule has 88 valence electrons. The van der Waals surface area contributed by atoms with Gasteiger partial charge in [0.15, 0.2) is 5.78 Å². The molecule has 0 aliphatic rings. The third-order valence-corrected chi connectivity index (χ3v) is 3.05. The summed E-state index contributed by atoms with van der Waals surface area (Å²) >= 11 is 11.8. The molecule has 0 saturated carbocycles. The zero-order valence-corrected chi connectivity index (χ0v) is 10.9. The minimum atomic E-state index is 0.0867. The standard InChI is InChI=1S/C13H16Cl2O/c1-2-3-4-5-6-13(16)11-9-10(14)7-8-12(11)15/h7-9H,2-6H2,1H3. The number of hydrogen-bond acceptors (Lipinski definition) is 1. The fraction of sp³-hybridized carbons (Fsp3) is 0.462. The summed E-state index contributed by atoms with van der Waals surface area (Å²) < 4.78 is 0. The predicted octanol–water partition coefficient (Wildman–Crippen LogP) is 5.15. The fourth-order valence-electron chi connectivity index (χ4n) is 1.56. The van der Waals surface area contributed by atoms with Crippen molar-refractivity contribution in [2.75, 3.05) is 0 Å². The van der Waals surface area contributed by atoms with Gasteiger partial charge in [0.1, 0.15) is 0 Å². The lowest BCUT2D eigenvalue weighted by molar-refractivity contribution is 0.0979. The Labute approximate surface area is 107 Å². The number of benzene rings is 1. The highest BCUT2D eigenvalue weighted by molar-refractivity contribution is 6.35. The van der Waals surface area contributed by atoms with Crippen molar-refractivity contribution < 1.29 is 4.79 Å². The first-order chi connectivity index (χ1) is 7.65. The highest BCUT2D eigenvalue weighted by Gasteiger charge is 2.10. The number of ketones is 1. The summed E-state index contributed by atoms with van der Waals surface area (Å²) in [6.07, 6.45) is 4.93. The molecule has 0 bridgehead atoms. The van der Waals surface area contributed by atoms with E-state index in [1.54, 1.807) is 18.2 Å². The summed E-state index contributed by atoms with van der Waals surface area (Å²) in [5.74, 6) is 0.0867. The average Bonchev–Trinajstić information content (AvgIpc) is 2.27. The Kier molecular flexibility index (Phi) is 5.86. The number of carbonyl (C=O) groups is 1. The molecule has 1 nitrogen and oxygen atoms in total. The SMILES string of the molecule is CCCCCCC(=O)c1cc(Cl)ccc1Cl. The van der Waals surface area contributed by atoms with Gasteiger partial charge < -0.3 is 0 Å². The molecule has 0 heterocycles. The topological polar surface area (TPSA) is 17.1 Å². The Morgan fingerprint density at radius 2 is 1.94 bits per heavy atom. The van der Waals surface area contributed by atoms with Crippen molar-refractivity contribution >= 4 is 29.0 Å². The van der Waals surface area contributed by atoms with Crippen LogP contribution in [-0.2, 0) is 0 Å². The van der Waals surface area contributed by atoms with Crippen molar-refractivity contribution in [3.05, 3.63) is 33.8 Å². The third kappa shape index (κ3) is 4.15. The summed E-state index contributed by atoms with van der Waals surface area (Å²) in [7, 11) is 0. The minimum Gasteiger partial charge on any atom is -0.294 e. The average molecular weight is 259 g/mol. The molecule has 0 saturated heterocycles. The van der Waals surface area contributed by atoms with Gasteiger partial charge in [0.2, 0.25) is 0 Å². The van der Waals surface area contributed by atoms with Crippen LogP contribution >= 0.6 is 23.2 Å². The molecule has 0 amide bonds. The number of unbranched alkanes of at least 4 members (excludes halogenated alkanes) is 3. The Morgan fingerprint density at radius 1 is 1.19 bits per heavy atom. The summed E-state index contributed by atoms with van der Waals surface area (Å²) in [5, 5.41) is 1.05. The monoisotopic (exact) mass is 258 g/mol. The first-order valence-electron chi connectivity index (χ1n) is 5.63. The normalized spacial score (nSPS) is 10.4. The quantitative estimate of drug-likeness (QED) is 0.510. The lowest BCUT2D eigenvalue weighted by atomic mass is 10.0. The van der Waals surface area contributed by atoms with Gasteiger partial charge in [-0.25, -0.2) is 0 Å². The summed E-state index contributed by atoms with van der Waals surface area (Å²) in [6.45, 7) is 2.15. The van der Waals surface area contributed by atoms with Gasteiger partial charge >= 0.3 is 0 Å². The Bertz CT molecular complexity index is 361. The van der Waals surface area contributed by atoms with E-state index in [4.69, 9.17) is 23.2 Å². The Balaban J connectivity index is 2.55. The van der Waals surface area contributed by atoms with E-state index in [2.05, 4.69) is 6.92 Å². The van der Waals surface area contributed by atoms with E-state index in [1.807, 2.05) is 0 Å². The first-order valence-corrected chi connectivity index (χ1v) is 6.39. The zero-order chi connectivity index (χ0) is 12.0. The second-order valence-electron chi connectivity index (χ2n) is 3.86. The van der Waals surface area contributed by atoms with Crippen LogP contribution in [0.25, 0.3) is 0 Å². The fourth-order valence-corrected chi connectivity index (χ4v) is 1.95. The molecule has 0 aliphatic heterocycles. The Hall–Kier alpha value is -0.530. The van der Waals surface area contributed by atoms with Crippen molar-refractivity contribution in [2.24, 2.45) is 0 Å². The van der Waals surface area contributed by atoms with Crippen molar-refractivity contribution in [2.45, 2.75) is 39.0 Å². The number of halogens is 2. The van der Waals surface area contributed by atoms with Crippen molar-refractivity contribution in [1.82, 2.24) is 0 Å². The van der Waals surface area contributed by atoms with Crippen LogP contribution in [-0.4, -0.2) is 5.78 Å². The van der Waals surface area contributed by atoms with Crippen molar-refractivity contribution in [3.8, 4) is 0 Å². The molecule has 0 N–H and O–H groups in total. The first kappa shape index (κ1) is 13.5. The molecule has 1 rings (SSSR count). The maximum atomic E-state index is 11.8. The van der Waals surface area contributed by atoms with Gasteiger partial charge in [-0.15, -0.1) is 0 Å². The molecule has 1 aromatic carbocycles. The summed E-state index contributed by atoms with van der Waals surface area (Å²) in [6, 6.07) is 5.01. The largest absolute Gasteiger partial charge is 0.294 e. The van der Waals surface area contributed by atoms with Crippen molar-refractivity contribution in [1.29, 1.82) is 0 Å². The van der Waals surface area contributed by atoms with Crippen LogP contribution in [0, 0.1) is 0 Å². The van der Waals surface area contributed by atoms with Crippen LogP contribution in [0.2, 0.25) is 10.0 Å². The molecule has 0 spiro atoms. The van der Waals surface area contributed by atoms with Gasteiger partial charge in [-0.05, 0) is 24.6 Å². The van der Waals surface area contributed by atoms with E-state index in [0.717, 1.165) is 12.8 Å². The number of Topliss-reactive ketones (excluding diaryl/α,β-unsaturated/α-hetero) is 1. The molecule has 0 aliphatic carbocycles. The molecule has 0 radical (unpaired) electrons. The van der Waals surface area contributed by atoms with Crippen molar-refractivity contribution in [3.63, 3.8) is 0 Å². The second-order valence-corrected chi connectivity index (χ2v) is 4.70. The molecule has 0 atom stereocenters. The molecule has 16 heavy (non-hydrogen) atoms. The lowest BCUT2D eigenvalue weighted by Gasteiger charge is -2.04. The van der Waals surface area contributed by atoms with Crippen LogP contribution in [0.4, 0.5) is 0 Å². The molecular formula is C13H16Cl2O. The van der Waals surface area contributed by atoms with Gasteiger partial charge in [0.25, 0.3) is 0 Å². The molecule has 0 unspecified atom stereocenters. The highest BCUT2D eigenvalue weighted by Crippen LogP contribution is 2.22. The van der Waals surface area contributed by atoms with E-state index < -0.39 is 0 Å². The van der Waals surface area contributed by atoms with Crippen LogP contribution in [0.15, 0.2) is 18.2 Å². The maximum absolute atomic E-state index is 11.8. The number of hydrogen-bond donors (Lipinski definition) is 0. The predicted molar refractivity (Wildman–Crippen MR) is 69.6 cm³/mol. The van der Waals surface area contributed by atoms with Gasteiger partial charge in [-0.3, -0.25) is 4.79 Å². The van der Waals surface area contributed by atoms with E-state index in [-0.39, 0.29) is 5.78 Å². The van der Waals surface area contributed by atoms with E-state index in [1.165, 1.54) is 12.8 Å². The van der Waals surface area contributed by atoms with Crippen LogP contribution in [0.5, 0.6) is 0 Å². The minimum absolute atomic E-state index is 0.0867. The maximum Gasteiger partial charge on any atom is 0.164 e. The smallest absolute Gasteiger partial charge is 0.164 e. The molecule has 0 aromatic heterocycles. The number of carbonyl (C=O) groups excluding carboxylic acids is 1. The van der Waals surface area contributed by atoms with Gasteiger partial charge in [-0.1, -0.05) is 49.4 Å². The summed E-state index contributed by atoms with van der Waals surface area (Å²) in [5.41, 5.74) is 0.547. The van der Waals surface area contributed by atoms with Gasteiger partial charge in [-0.2, -0.15) is 0 Å². The molecule has 3 heteroatoms.